The Morgan fingerprint density at radius 1 is 0.577 bits per heavy atom. The summed E-state index contributed by atoms with van der Waals surface area (Å²) in [5.74, 6) is -2.08. The number of rotatable bonds is 8. The van der Waals surface area contributed by atoms with Crippen LogP contribution in [0.4, 0.5) is 0 Å². The summed E-state index contributed by atoms with van der Waals surface area (Å²) in [5.41, 5.74) is 1.79. The minimum Gasteiger partial charge on any atom is -0.189 e. The largest absolute Gasteiger partial charge is 0.259 e. The van der Waals surface area contributed by atoms with Crippen molar-refractivity contribution in [2.24, 2.45) is 0 Å². The molecular weight excluding hydrogens is 328 g/mol. The smallest absolute Gasteiger partial charge is 0.189 e. The van der Waals surface area contributed by atoms with Crippen molar-refractivity contribution in [1.82, 2.24) is 0 Å². The summed E-state index contributed by atoms with van der Waals surface area (Å²) in [6.07, 6.45) is 5.25. The van der Waals surface area contributed by atoms with Gasteiger partial charge in [0.25, 0.3) is 11.6 Å². The van der Waals surface area contributed by atoms with Crippen LogP contribution in [0.3, 0.4) is 0 Å². The van der Waals surface area contributed by atoms with Crippen molar-refractivity contribution < 1.29 is 19.6 Å². The molecule has 4 heteroatoms. The fourth-order valence-electron chi connectivity index (χ4n) is 3.15. The van der Waals surface area contributed by atoms with Gasteiger partial charge >= 0.3 is 0 Å². The van der Waals surface area contributed by atoms with E-state index in [2.05, 4.69) is 13.8 Å². The molecular formula is C22H28O4. The van der Waals surface area contributed by atoms with Crippen molar-refractivity contribution in [3.8, 4) is 0 Å². The Balaban J connectivity index is 1.86. The topological polar surface area (TPSA) is 36.9 Å². The van der Waals surface area contributed by atoms with Gasteiger partial charge in [-0.25, -0.2) is 0 Å². The molecule has 0 aliphatic carbocycles. The van der Waals surface area contributed by atoms with Gasteiger partial charge < -0.3 is 0 Å². The van der Waals surface area contributed by atoms with Crippen LogP contribution in [-0.2, 0) is 31.1 Å². The summed E-state index contributed by atoms with van der Waals surface area (Å²) in [6.45, 7) is 4.28. The Hall–Kier alpha value is -1.72. The van der Waals surface area contributed by atoms with Crippen molar-refractivity contribution in [2.75, 3.05) is 0 Å². The van der Waals surface area contributed by atoms with E-state index in [4.69, 9.17) is 19.6 Å². The van der Waals surface area contributed by atoms with E-state index >= 15 is 0 Å². The van der Waals surface area contributed by atoms with E-state index in [9.17, 15) is 0 Å². The molecule has 0 aromatic heterocycles. The lowest BCUT2D eigenvalue weighted by Crippen LogP contribution is -2.47. The van der Waals surface area contributed by atoms with E-state index in [1.54, 1.807) is 0 Å². The summed E-state index contributed by atoms with van der Waals surface area (Å²) >= 11 is 0. The maximum Gasteiger partial charge on any atom is 0.259 e. The van der Waals surface area contributed by atoms with Gasteiger partial charge in [0.15, 0.2) is 0 Å². The summed E-state index contributed by atoms with van der Waals surface area (Å²) in [5, 5.41) is 0. The maximum atomic E-state index is 5.97. The van der Waals surface area contributed by atoms with Gasteiger partial charge in [0.1, 0.15) is 0 Å². The quantitative estimate of drug-likeness (QED) is 0.545. The summed E-state index contributed by atoms with van der Waals surface area (Å²) in [4.78, 5) is 23.9. The van der Waals surface area contributed by atoms with E-state index in [1.165, 1.54) is 0 Å². The van der Waals surface area contributed by atoms with Crippen LogP contribution < -0.4 is 0 Å². The van der Waals surface area contributed by atoms with Gasteiger partial charge in [-0.1, -0.05) is 87.4 Å². The third-order valence-electron chi connectivity index (χ3n) is 4.77. The zero-order valence-corrected chi connectivity index (χ0v) is 15.6. The van der Waals surface area contributed by atoms with Crippen LogP contribution in [0, 0.1) is 0 Å². The van der Waals surface area contributed by atoms with Crippen molar-refractivity contribution in [3.63, 3.8) is 0 Å². The highest BCUT2D eigenvalue weighted by atomic mass is 17.4. The van der Waals surface area contributed by atoms with Crippen LogP contribution in [0.25, 0.3) is 0 Å². The molecule has 4 nitrogen and oxygen atoms in total. The molecule has 140 valence electrons. The van der Waals surface area contributed by atoms with Crippen molar-refractivity contribution in [2.45, 2.75) is 63.9 Å². The number of hydrogen-bond donors (Lipinski definition) is 0. The Morgan fingerprint density at radius 2 is 0.923 bits per heavy atom. The molecule has 1 fully saturated rings. The van der Waals surface area contributed by atoms with Gasteiger partial charge in [-0.3, -0.25) is 0 Å². The first kappa shape index (κ1) is 19.1. The zero-order valence-electron chi connectivity index (χ0n) is 15.6. The van der Waals surface area contributed by atoms with Crippen LogP contribution in [0.2, 0.25) is 0 Å². The first-order valence-corrected chi connectivity index (χ1v) is 9.59. The van der Waals surface area contributed by atoms with Gasteiger partial charge in [0.2, 0.25) is 0 Å². The SMILES string of the molecule is CCCCC1(c2ccccc2)OOC(CCCC)(c2ccccc2)OO1. The molecule has 0 atom stereocenters. The second-order valence-electron chi connectivity index (χ2n) is 6.78. The summed E-state index contributed by atoms with van der Waals surface area (Å²) in [6, 6.07) is 19.7. The van der Waals surface area contributed by atoms with E-state index in [1.807, 2.05) is 60.7 Å². The normalized spacial score (nSPS) is 25.9. The van der Waals surface area contributed by atoms with Gasteiger partial charge in [0.05, 0.1) is 0 Å². The molecule has 0 radical (unpaired) electrons. The first-order valence-electron chi connectivity index (χ1n) is 9.59. The van der Waals surface area contributed by atoms with Crippen molar-refractivity contribution in [3.05, 3.63) is 71.8 Å². The highest BCUT2D eigenvalue weighted by Crippen LogP contribution is 2.45. The van der Waals surface area contributed by atoms with Crippen LogP contribution >= 0.6 is 0 Å². The molecule has 1 saturated heterocycles. The predicted molar refractivity (Wildman–Crippen MR) is 99.6 cm³/mol. The lowest BCUT2D eigenvalue weighted by Gasteiger charge is -2.43. The van der Waals surface area contributed by atoms with Crippen LogP contribution in [0.1, 0.15) is 63.5 Å². The van der Waals surface area contributed by atoms with Gasteiger partial charge in [-0.15, -0.1) is 0 Å². The fourth-order valence-corrected chi connectivity index (χ4v) is 3.15. The molecule has 2 aromatic carbocycles. The molecule has 0 unspecified atom stereocenters. The van der Waals surface area contributed by atoms with Crippen LogP contribution in [0.5, 0.6) is 0 Å². The lowest BCUT2D eigenvalue weighted by atomic mass is 9.98. The molecule has 0 amide bonds. The van der Waals surface area contributed by atoms with E-state index < -0.39 is 11.6 Å². The van der Waals surface area contributed by atoms with Crippen molar-refractivity contribution in [1.29, 1.82) is 0 Å². The average Bonchev–Trinajstić information content (AvgIpc) is 2.73. The highest BCUT2D eigenvalue weighted by Gasteiger charge is 2.50. The summed E-state index contributed by atoms with van der Waals surface area (Å²) < 4.78 is 0. The first-order chi connectivity index (χ1) is 12.7. The maximum absolute atomic E-state index is 5.97. The van der Waals surface area contributed by atoms with E-state index in [-0.39, 0.29) is 0 Å². The van der Waals surface area contributed by atoms with Crippen LogP contribution in [-0.4, -0.2) is 0 Å². The molecule has 2 aromatic rings. The van der Waals surface area contributed by atoms with Gasteiger partial charge in [0, 0.05) is 24.0 Å². The predicted octanol–water partition coefficient (Wildman–Crippen LogP) is 5.98. The fraction of sp³-hybridized carbons (Fsp3) is 0.455. The minimum atomic E-state index is -1.04. The van der Waals surface area contributed by atoms with Gasteiger partial charge in [-0.05, 0) is 12.8 Å². The van der Waals surface area contributed by atoms with Crippen molar-refractivity contribution >= 4 is 0 Å². The molecule has 1 heterocycles. The molecule has 26 heavy (non-hydrogen) atoms. The molecule has 1 aliphatic rings. The lowest BCUT2D eigenvalue weighted by molar-refractivity contribution is -0.673. The second kappa shape index (κ2) is 8.78. The summed E-state index contributed by atoms with van der Waals surface area (Å²) in [7, 11) is 0. The van der Waals surface area contributed by atoms with Crippen LogP contribution in [0.15, 0.2) is 60.7 Å². The molecule has 0 bridgehead atoms. The molecule has 0 N–H and O–H groups in total. The Kier molecular flexibility index (Phi) is 6.43. The number of benzene rings is 2. The Labute approximate surface area is 155 Å². The van der Waals surface area contributed by atoms with E-state index in [0.29, 0.717) is 12.8 Å². The molecule has 0 saturated carbocycles. The minimum absolute atomic E-state index is 0.659. The average molecular weight is 356 g/mol. The number of hydrogen-bond acceptors (Lipinski definition) is 4. The van der Waals surface area contributed by atoms with E-state index in [0.717, 1.165) is 36.8 Å². The van der Waals surface area contributed by atoms with Gasteiger partial charge in [-0.2, -0.15) is 19.6 Å². The number of unbranched alkanes of at least 4 members (excludes halogenated alkanes) is 2. The standard InChI is InChI=1S/C22H28O4/c1-3-5-17-21(19-13-9-7-10-14-19)23-25-22(26-24-21,18-6-4-2)20-15-11-8-12-16-20/h7-16H,3-6,17-18H2,1-2H3. The third kappa shape index (κ3) is 3.99. The Morgan fingerprint density at radius 3 is 1.23 bits per heavy atom. The monoisotopic (exact) mass is 356 g/mol. The molecule has 3 rings (SSSR count). The second-order valence-corrected chi connectivity index (χ2v) is 6.78. The molecule has 0 spiro atoms. The highest BCUT2D eigenvalue weighted by molar-refractivity contribution is 5.22. The zero-order chi connectivity index (χ0) is 18.3. The third-order valence-corrected chi connectivity index (χ3v) is 4.77. The molecule has 1 aliphatic heterocycles. The Bertz CT molecular complexity index is 589.